The second-order valence-electron chi connectivity index (χ2n) is 6.37. The number of nitrogens with one attached hydrogen (secondary N) is 3. The smallest absolute Gasteiger partial charge is 0.325 e. The summed E-state index contributed by atoms with van der Waals surface area (Å²) in [4.78, 5) is 49.2. The molecule has 3 N–H and O–H groups in total. The lowest BCUT2D eigenvalue weighted by Gasteiger charge is -2.22. The van der Waals surface area contributed by atoms with E-state index in [4.69, 9.17) is 4.74 Å². The summed E-state index contributed by atoms with van der Waals surface area (Å²) in [7, 11) is 1.53. The Balaban J connectivity index is 2.03. The summed E-state index contributed by atoms with van der Waals surface area (Å²) in [6.45, 7) is 3.14. The van der Waals surface area contributed by atoms with Crippen molar-refractivity contribution in [2.24, 2.45) is 0 Å². The molecule has 5 amide bonds. The van der Waals surface area contributed by atoms with Crippen molar-refractivity contribution in [2.75, 3.05) is 26.7 Å². The van der Waals surface area contributed by atoms with E-state index >= 15 is 0 Å². The van der Waals surface area contributed by atoms with Crippen LogP contribution in [0.2, 0.25) is 0 Å². The van der Waals surface area contributed by atoms with Crippen LogP contribution in [0.15, 0.2) is 24.3 Å². The largest absolute Gasteiger partial charge is 0.496 e. The van der Waals surface area contributed by atoms with Gasteiger partial charge in [-0.05, 0) is 25.5 Å². The lowest BCUT2D eigenvalue weighted by Crippen LogP contribution is -2.47. The quantitative estimate of drug-likeness (QED) is 0.543. The van der Waals surface area contributed by atoms with Gasteiger partial charge in [-0.2, -0.15) is 0 Å². The number of hydrogen-bond acceptors (Lipinski definition) is 5. The molecule has 0 spiro atoms. The molecule has 9 nitrogen and oxygen atoms in total. The maximum atomic E-state index is 12.8. The number of carbonyl (C=O) groups excluding carboxylic acids is 4. The number of benzene rings is 1. The molecule has 1 aliphatic rings. The highest BCUT2D eigenvalue weighted by atomic mass is 16.5. The Morgan fingerprint density at radius 3 is 2.56 bits per heavy atom. The van der Waals surface area contributed by atoms with E-state index in [-0.39, 0.29) is 18.9 Å². The number of ether oxygens (including phenoxy) is 1. The molecular weight excluding hydrogens is 352 g/mol. The molecule has 1 aromatic carbocycles. The van der Waals surface area contributed by atoms with Gasteiger partial charge in [0.2, 0.25) is 11.8 Å². The molecule has 0 saturated carbocycles. The van der Waals surface area contributed by atoms with Crippen LogP contribution >= 0.6 is 0 Å². The molecule has 0 bridgehead atoms. The Hall–Kier alpha value is -3.10. The van der Waals surface area contributed by atoms with Gasteiger partial charge in [-0.1, -0.05) is 18.2 Å². The number of carbonyl (C=O) groups is 4. The molecule has 1 aliphatic heterocycles. The number of urea groups is 1. The van der Waals surface area contributed by atoms with Crippen molar-refractivity contribution < 1.29 is 23.9 Å². The van der Waals surface area contributed by atoms with Gasteiger partial charge in [0, 0.05) is 13.0 Å². The van der Waals surface area contributed by atoms with Crippen LogP contribution in [0, 0.1) is 0 Å². The molecule has 1 fully saturated rings. The lowest BCUT2D eigenvalue weighted by molar-refractivity contribution is -0.134. The van der Waals surface area contributed by atoms with Gasteiger partial charge in [0.05, 0.1) is 13.7 Å². The summed E-state index contributed by atoms with van der Waals surface area (Å²) in [6, 6.07) is 6.56. The van der Waals surface area contributed by atoms with Crippen molar-refractivity contribution in [1.82, 2.24) is 20.9 Å². The van der Waals surface area contributed by atoms with E-state index in [1.165, 1.54) is 7.11 Å². The van der Waals surface area contributed by atoms with Gasteiger partial charge in [0.1, 0.15) is 17.8 Å². The number of methoxy groups -OCH3 is 1. The first-order valence-corrected chi connectivity index (χ1v) is 8.60. The fraction of sp³-hybridized carbons (Fsp3) is 0.444. The molecular formula is C18H24N4O5. The van der Waals surface area contributed by atoms with Crippen LogP contribution in [0.4, 0.5) is 4.79 Å². The number of nitrogens with zero attached hydrogens (tertiary/aromatic N) is 1. The minimum absolute atomic E-state index is 0.213. The fourth-order valence-electron chi connectivity index (χ4n) is 2.88. The first kappa shape index (κ1) is 20.2. The van der Waals surface area contributed by atoms with E-state index in [0.29, 0.717) is 12.3 Å². The summed E-state index contributed by atoms with van der Waals surface area (Å²) in [5.41, 5.74) is -0.426. The summed E-state index contributed by atoms with van der Waals surface area (Å²) < 4.78 is 5.29. The highest BCUT2D eigenvalue weighted by Crippen LogP contribution is 2.27. The molecule has 1 atom stereocenters. The summed E-state index contributed by atoms with van der Waals surface area (Å²) >= 11 is 0. The summed E-state index contributed by atoms with van der Waals surface area (Å²) in [6.07, 6.45) is 0.221. The average molecular weight is 376 g/mol. The van der Waals surface area contributed by atoms with Crippen LogP contribution in [0.1, 0.15) is 19.4 Å². The first-order chi connectivity index (χ1) is 12.8. The van der Waals surface area contributed by atoms with Gasteiger partial charge >= 0.3 is 6.03 Å². The summed E-state index contributed by atoms with van der Waals surface area (Å²) in [5.74, 6) is -0.833. The Kier molecular flexibility index (Phi) is 6.38. The van der Waals surface area contributed by atoms with Gasteiger partial charge in [-0.25, -0.2) is 4.79 Å². The van der Waals surface area contributed by atoms with Crippen molar-refractivity contribution in [1.29, 1.82) is 0 Å². The minimum atomic E-state index is -1.19. The van der Waals surface area contributed by atoms with Crippen molar-refractivity contribution in [2.45, 2.75) is 25.8 Å². The van der Waals surface area contributed by atoms with Crippen molar-refractivity contribution in [3.05, 3.63) is 29.8 Å². The monoisotopic (exact) mass is 376 g/mol. The summed E-state index contributed by atoms with van der Waals surface area (Å²) in [5, 5.41) is 7.57. The van der Waals surface area contributed by atoms with Crippen LogP contribution in [-0.4, -0.2) is 60.9 Å². The Labute approximate surface area is 157 Å². The van der Waals surface area contributed by atoms with Gasteiger partial charge in [-0.3, -0.25) is 19.3 Å². The van der Waals surface area contributed by atoms with E-state index in [1.54, 1.807) is 19.9 Å². The molecule has 146 valence electrons. The molecule has 0 radical (unpaired) electrons. The molecule has 1 saturated heterocycles. The third-order valence-electron chi connectivity index (χ3n) is 4.20. The second-order valence-corrected chi connectivity index (χ2v) is 6.37. The van der Waals surface area contributed by atoms with Crippen molar-refractivity contribution in [3.8, 4) is 5.75 Å². The van der Waals surface area contributed by atoms with E-state index in [0.717, 1.165) is 10.5 Å². The minimum Gasteiger partial charge on any atom is -0.496 e. The fourth-order valence-corrected chi connectivity index (χ4v) is 2.88. The molecule has 0 aliphatic carbocycles. The van der Waals surface area contributed by atoms with Gasteiger partial charge in [-0.15, -0.1) is 0 Å². The topological polar surface area (TPSA) is 117 Å². The van der Waals surface area contributed by atoms with E-state index in [2.05, 4.69) is 16.0 Å². The Morgan fingerprint density at radius 1 is 1.19 bits per heavy atom. The van der Waals surface area contributed by atoms with Crippen LogP contribution in [0.25, 0.3) is 0 Å². The predicted molar refractivity (Wildman–Crippen MR) is 97.0 cm³/mol. The number of imide groups is 1. The zero-order chi connectivity index (χ0) is 20.0. The molecule has 9 heteroatoms. The van der Waals surface area contributed by atoms with Crippen LogP contribution < -0.4 is 20.7 Å². The number of rotatable bonds is 8. The number of hydrogen-bond donors (Lipinski definition) is 3. The highest BCUT2D eigenvalue weighted by molar-refractivity contribution is 6.09. The van der Waals surface area contributed by atoms with E-state index in [9.17, 15) is 19.2 Å². The van der Waals surface area contributed by atoms with E-state index in [1.807, 2.05) is 18.2 Å². The number of likely N-dealkylation sites (N-methyl/N-ethyl adjacent to an activating group) is 1. The molecule has 1 heterocycles. The average Bonchev–Trinajstić information content (AvgIpc) is 2.83. The molecule has 2 rings (SSSR count). The lowest BCUT2D eigenvalue weighted by atomic mass is 9.92. The first-order valence-electron chi connectivity index (χ1n) is 8.60. The Morgan fingerprint density at radius 2 is 1.89 bits per heavy atom. The molecule has 1 aromatic rings. The normalized spacial score (nSPS) is 18.9. The van der Waals surface area contributed by atoms with Crippen molar-refractivity contribution >= 4 is 23.8 Å². The molecule has 27 heavy (non-hydrogen) atoms. The highest BCUT2D eigenvalue weighted by Gasteiger charge is 2.48. The maximum absolute atomic E-state index is 12.8. The predicted octanol–water partition coefficient (Wildman–Crippen LogP) is -0.199. The molecule has 0 aromatic heterocycles. The zero-order valence-electron chi connectivity index (χ0n) is 15.6. The van der Waals surface area contributed by atoms with Gasteiger partial charge in [0.25, 0.3) is 5.91 Å². The van der Waals surface area contributed by atoms with Gasteiger partial charge in [0.15, 0.2) is 0 Å². The van der Waals surface area contributed by atoms with Crippen LogP contribution in [0.3, 0.4) is 0 Å². The SMILES string of the molecule is CCNC(=O)CNC(=O)CN1C(=O)N[C@@](C)(Cc2ccccc2OC)C1=O. The number of amides is 5. The zero-order valence-corrected chi connectivity index (χ0v) is 15.6. The standard InChI is InChI=1S/C18H24N4O5/c1-4-19-14(23)10-20-15(24)11-22-16(25)18(2,21-17(22)26)9-12-7-5-6-8-13(12)27-3/h5-8H,4,9-11H2,1-3H3,(H,19,23)(H,20,24)(H,21,26)/t18-/m0/s1. The van der Waals surface area contributed by atoms with Crippen LogP contribution in [0.5, 0.6) is 5.75 Å². The third kappa shape index (κ3) is 4.75. The number of para-hydroxylation sites is 1. The maximum Gasteiger partial charge on any atom is 0.325 e. The third-order valence-corrected chi connectivity index (χ3v) is 4.20. The van der Waals surface area contributed by atoms with E-state index < -0.39 is 29.9 Å². The van der Waals surface area contributed by atoms with Crippen molar-refractivity contribution in [3.63, 3.8) is 0 Å². The van der Waals surface area contributed by atoms with Crippen LogP contribution in [-0.2, 0) is 20.8 Å². The Bertz CT molecular complexity index is 751. The van der Waals surface area contributed by atoms with Gasteiger partial charge < -0.3 is 20.7 Å². The second kappa shape index (κ2) is 8.52. The molecule has 0 unspecified atom stereocenters.